The van der Waals surface area contributed by atoms with Crippen molar-refractivity contribution >= 4 is 44.8 Å². The van der Waals surface area contributed by atoms with Crippen LogP contribution in [-0.4, -0.2) is 6.54 Å². The Morgan fingerprint density at radius 2 is 1.03 bits per heavy atom. The minimum Gasteiger partial charge on any atom is -0.337 e. The van der Waals surface area contributed by atoms with Gasteiger partial charge in [0.1, 0.15) is 0 Å². The fraction of sp³-hybridized carbons (Fsp3) is 0.0303. The van der Waals surface area contributed by atoms with E-state index in [4.69, 9.17) is 0 Å². The molecule has 1 aliphatic heterocycles. The van der Waals surface area contributed by atoms with Crippen LogP contribution in [0, 0.1) is 0 Å². The molecule has 0 atom stereocenters. The fourth-order valence-electron chi connectivity index (χ4n) is 10.7. The van der Waals surface area contributed by atoms with Gasteiger partial charge in [0.15, 0.2) is 0 Å². The first-order chi connectivity index (χ1) is 33.6. The molecular weight excluding hydrogens is 821 g/mol. The molecule has 0 amide bonds. The molecule has 322 valence electrons. The number of allylic oxidation sites excluding steroid dienone is 4. The average Bonchev–Trinajstić information content (AvgIpc) is 3.74. The van der Waals surface area contributed by atoms with Crippen LogP contribution < -0.4 is 9.80 Å². The third-order valence-corrected chi connectivity index (χ3v) is 13.9. The van der Waals surface area contributed by atoms with Crippen molar-refractivity contribution < 1.29 is 0 Å². The molecule has 0 saturated carbocycles. The molecule has 68 heavy (non-hydrogen) atoms. The van der Waals surface area contributed by atoms with Crippen molar-refractivity contribution in [3.8, 4) is 33.4 Å². The van der Waals surface area contributed by atoms with Crippen LogP contribution in [0.2, 0.25) is 0 Å². The van der Waals surface area contributed by atoms with E-state index in [1.54, 1.807) is 0 Å². The molecule has 0 spiro atoms. The molecule has 0 N–H and O–H groups in total. The lowest BCUT2D eigenvalue weighted by atomic mass is 9.67. The van der Waals surface area contributed by atoms with Crippen molar-refractivity contribution in [3.05, 3.63) is 301 Å². The lowest BCUT2D eigenvalue weighted by Gasteiger charge is -2.35. The third-order valence-electron chi connectivity index (χ3n) is 13.9. The van der Waals surface area contributed by atoms with Gasteiger partial charge in [-0.05, 0) is 121 Å². The van der Waals surface area contributed by atoms with E-state index < -0.39 is 5.41 Å². The minimum atomic E-state index is -0.527. The summed E-state index contributed by atoms with van der Waals surface area (Å²) in [6, 6.07) is 89.0. The summed E-state index contributed by atoms with van der Waals surface area (Å²) in [7, 11) is 0. The van der Waals surface area contributed by atoms with Gasteiger partial charge in [-0.1, -0.05) is 219 Å². The Labute approximate surface area is 399 Å². The second-order valence-electron chi connectivity index (χ2n) is 17.7. The fourth-order valence-corrected chi connectivity index (χ4v) is 10.7. The summed E-state index contributed by atoms with van der Waals surface area (Å²) in [5, 5.41) is 2.38. The zero-order chi connectivity index (χ0) is 45.4. The van der Waals surface area contributed by atoms with E-state index >= 15 is 0 Å². The second kappa shape index (κ2) is 17.3. The molecule has 0 radical (unpaired) electrons. The van der Waals surface area contributed by atoms with Crippen LogP contribution >= 0.6 is 0 Å². The van der Waals surface area contributed by atoms with Crippen LogP contribution in [-0.2, 0) is 5.41 Å². The van der Waals surface area contributed by atoms with Crippen LogP contribution in [0.5, 0.6) is 0 Å². The Morgan fingerprint density at radius 3 is 1.82 bits per heavy atom. The smallest absolute Gasteiger partial charge is 0.0714 e. The summed E-state index contributed by atoms with van der Waals surface area (Å²) < 4.78 is 0. The summed E-state index contributed by atoms with van der Waals surface area (Å²) in [4.78, 5) is 4.85. The SMILES string of the molecule is C=C1/C=C\C=C/CN(c2ccc(-c3ccccc3)cc2)c2ccc(-c3cccc(N(c4ccc5c(c4)C(c4ccccc4)(c4ccccc4)c4ccccc4-5)c4cccc5ccccc45)c3)cc21. The molecule has 0 saturated heterocycles. The largest absolute Gasteiger partial charge is 0.337 e. The maximum atomic E-state index is 4.61. The van der Waals surface area contributed by atoms with Crippen molar-refractivity contribution in [2.24, 2.45) is 0 Å². The predicted octanol–water partition coefficient (Wildman–Crippen LogP) is 17.3. The summed E-state index contributed by atoms with van der Waals surface area (Å²) in [5.74, 6) is 0. The first kappa shape index (κ1) is 40.8. The number of hydrogen-bond acceptors (Lipinski definition) is 2. The number of benzene rings is 10. The Hall–Kier alpha value is -8.72. The maximum Gasteiger partial charge on any atom is 0.0714 e. The zero-order valence-electron chi connectivity index (χ0n) is 37.7. The average molecular weight is 869 g/mol. The molecule has 0 unspecified atom stereocenters. The Bertz CT molecular complexity index is 3500. The second-order valence-corrected chi connectivity index (χ2v) is 17.7. The van der Waals surface area contributed by atoms with Crippen molar-refractivity contribution in [1.29, 1.82) is 0 Å². The molecule has 12 rings (SSSR count). The van der Waals surface area contributed by atoms with Gasteiger partial charge in [-0.25, -0.2) is 0 Å². The molecule has 0 fully saturated rings. The van der Waals surface area contributed by atoms with Gasteiger partial charge in [0.2, 0.25) is 0 Å². The van der Waals surface area contributed by atoms with E-state index in [1.807, 2.05) is 0 Å². The van der Waals surface area contributed by atoms with Crippen molar-refractivity contribution in [1.82, 2.24) is 0 Å². The highest BCUT2D eigenvalue weighted by Crippen LogP contribution is 2.57. The summed E-state index contributed by atoms with van der Waals surface area (Å²) in [6.45, 7) is 5.34. The van der Waals surface area contributed by atoms with Gasteiger partial charge >= 0.3 is 0 Å². The van der Waals surface area contributed by atoms with E-state index in [2.05, 4.69) is 283 Å². The molecule has 0 bridgehead atoms. The Kier molecular flexibility index (Phi) is 10.3. The highest BCUT2D eigenvalue weighted by Gasteiger charge is 2.46. The zero-order valence-corrected chi connectivity index (χ0v) is 37.7. The minimum absolute atomic E-state index is 0.527. The van der Waals surface area contributed by atoms with Gasteiger partial charge < -0.3 is 9.80 Å². The van der Waals surface area contributed by atoms with E-state index in [0.29, 0.717) is 0 Å². The predicted molar refractivity (Wildman–Crippen MR) is 288 cm³/mol. The van der Waals surface area contributed by atoms with Crippen LogP contribution in [0.4, 0.5) is 28.4 Å². The summed E-state index contributed by atoms with van der Waals surface area (Å²) in [5.41, 5.74) is 19.3. The van der Waals surface area contributed by atoms with Gasteiger partial charge in [-0.3, -0.25) is 0 Å². The molecular formula is C66H48N2. The highest BCUT2D eigenvalue weighted by molar-refractivity contribution is 6.00. The lowest BCUT2D eigenvalue weighted by molar-refractivity contribution is 0.768. The molecule has 2 aliphatic rings. The number of hydrogen-bond donors (Lipinski definition) is 0. The van der Waals surface area contributed by atoms with Crippen LogP contribution in [0.3, 0.4) is 0 Å². The van der Waals surface area contributed by atoms with Crippen molar-refractivity contribution in [2.45, 2.75) is 5.41 Å². The van der Waals surface area contributed by atoms with Gasteiger partial charge in [-0.2, -0.15) is 0 Å². The normalized spacial score (nSPS) is 14.5. The first-order valence-electron chi connectivity index (χ1n) is 23.5. The topological polar surface area (TPSA) is 6.48 Å². The van der Waals surface area contributed by atoms with Crippen molar-refractivity contribution in [2.75, 3.05) is 16.3 Å². The Morgan fingerprint density at radius 1 is 0.426 bits per heavy atom. The third kappa shape index (κ3) is 6.98. The molecule has 2 heteroatoms. The first-order valence-corrected chi connectivity index (χ1v) is 23.5. The van der Waals surface area contributed by atoms with Gasteiger partial charge in [0.25, 0.3) is 0 Å². The quantitative estimate of drug-likeness (QED) is 0.150. The molecule has 2 nitrogen and oxygen atoms in total. The molecule has 10 aromatic rings. The van der Waals surface area contributed by atoms with E-state index in [0.717, 1.165) is 57.2 Å². The number of anilines is 5. The molecule has 1 aliphatic carbocycles. The van der Waals surface area contributed by atoms with E-state index in [1.165, 1.54) is 55.3 Å². The molecule has 0 aromatic heterocycles. The molecule has 1 heterocycles. The van der Waals surface area contributed by atoms with Gasteiger partial charge in [0, 0.05) is 40.2 Å². The number of fused-ring (bicyclic) bond motifs is 5. The van der Waals surface area contributed by atoms with Gasteiger partial charge in [0.05, 0.1) is 11.1 Å². The van der Waals surface area contributed by atoms with Gasteiger partial charge in [-0.15, -0.1) is 0 Å². The van der Waals surface area contributed by atoms with Crippen LogP contribution in [0.15, 0.2) is 274 Å². The molecule has 10 aromatic carbocycles. The number of nitrogens with zero attached hydrogens (tertiary/aromatic N) is 2. The lowest BCUT2D eigenvalue weighted by Crippen LogP contribution is -2.28. The standard InChI is InChI=1S/C66H48N2/c1-47-20-6-5-17-43-67(55-38-35-49(36-39-55)48-21-7-2-8-22-48)64-42-37-52(45-61(47)64)51-25-18-30-56(44-51)68(65-34-19-24-50-23-13-14-31-58(50)65)57-40-41-60-59-32-15-16-33-62(59)66(63(60)46-57,53-26-9-3-10-27-53)54-28-11-4-12-29-54/h2-42,44-46H,1,43H2/b17-5-,20-6-. The van der Waals surface area contributed by atoms with E-state index in [-0.39, 0.29) is 0 Å². The van der Waals surface area contributed by atoms with Crippen molar-refractivity contribution in [3.63, 3.8) is 0 Å². The Balaban J connectivity index is 1.01. The van der Waals surface area contributed by atoms with E-state index in [9.17, 15) is 0 Å². The highest BCUT2D eigenvalue weighted by atomic mass is 15.1. The monoisotopic (exact) mass is 868 g/mol. The van der Waals surface area contributed by atoms with Crippen LogP contribution in [0.25, 0.3) is 49.7 Å². The number of rotatable bonds is 8. The summed E-state index contributed by atoms with van der Waals surface area (Å²) in [6.07, 6.45) is 8.56. The van der Waals surface area contributed by atoms with Crippen LogP contribution in [0.1, 0.15) is 27.8 Å². The maximum absolute atomic E-state index is 4.61. The summed E-state index contributed by atoms with van der Waals surface area (Å²) >= 11 is 0.